The number of hydrogen-bond acceptors (Lipinski definition) is 6. The first-order valence-electron chi connectivity index (χ1n) is 6.41. The summed E-state index contributed by atoms with van der Waals surface area (Å²) < 4.78 is 0. The molecule has 1 heterocycles. The molecule has 1 N–H and O–H groups in total. The molecular weight excluding hydrogens is 276 g/mol. The minimum atomic E-state index is -0.357. The summed E-state index contributed by atoms with van der Waals surface area (Å²) in [5.74, 6) is 0. The van der Waals surface area contributed by atoms with Gasteiger partial charge in [0.05, 0.1) is 10.5 Å². The number of nitrogens with zero attached hydrogens (tertiary/aromatic N) is 3. The van der Waals surface area contributed by atoms with Crippen LogP contribution in [0, 0.1) is 17.0 Å². The average Bonchev–Trinajstić information content (AvgIpc) is 2.87. The highest BCUT2D eigenvalue weighted by Gasteiger charge is 2.20. The summed E-state index contributed by atoms with van der Waals surface area (Å²) in [5.41, 5.74) is 1.29. The Morgan fingerprint density at radius 3 is 2.90 bits per heavy atom. The lowest BCUT2D eigenvalue weighted by Crippen LogP contribution is -2.15. The van der Waals surface area contributed by atoms with Crippen molar-refractivity contribution in [1.82, 2.24) is 15.5 Å². The van der Waals surface area contributed by atoms with Crippen LogP contribution < -0.4 is 5.32 Å². The van der Waals surface area contributed by atoms with E-state index in [4.69, 9.17) is 0 Å². The number of nitro benzene ring substituents is 1. The molecule has 1 aromatic carbocycles. The Morgan fingerprint density at radius 1 is 1.40 bits per heavy atom. The van der Waals surface area contributed by atoms with E-state index in [0.29, 0.717) is 16.1 Å². The Balaban J connectivity index is 2.28. The molecule has 0 spiro atoms. The summed E-state index contributed by atoms with van der Waals surface area (Å²) in [6.45, 7) is 5.52. The standard InChI is InChI=1S/C13H16N4O2S/c1-3-14-8-7-11-15-16-13(20-11)10-6-4-5-9(2)12(10)17(18)19/h4-6,14H,3,7-8H2,1-2H3. The molecule has 0 aliphatic carbocycles. The van der Waals surface area contributed by atoms with Gasteiger partial charge in [0.1, 0.15) is 5.01 Å². The summed E-state index contributed by atoms with van der Waals surface area (Å²) in [5, 5.41) is 24.1. The van der Waals surface area contributed by atoms with Crippen molar-refractivity contribution in [2.24, 2.45) is 0 Å². The van der Waals surface area contributed by atoms with Crippen LogP contribution in [0.1, 0.15) is 17.5 Å². The average molecular weight is 292 g/mol. The SMILES string of the molecule is CCNCCc1nnc(-c2cccc(C)c2[N+](=O)[O-])s1. The molecule has 0 atom stereocenters. The predicted molar refractivity (Wildman–Crippen MR) is 79.0 cm³/mol. The van der Waals surface area contributed by atoms with Crippen LogP contribution in [0.5, 0.6) is 0 Å². The van der Waals surface area contributed by atoms with Gasteiger partial charge in [0, 0.05) is 18.5 Å². The third kappa shape index (κ3) is 3.17. The highest BCUT2D eigenvalue weighted by atomic mass is 32.1. The van der Waals surface area contributed by atoms with Gasteiger partial charge in [0.25, 0.3) is 5.69 Å². The number of benzene rings is 1. The van der Waals surface area contributed by atoms with Crippen molar-refractivity contribution in [3.63, 3.8) is 0 Å². The molecule has 0 aliphatic rings. The normalized spacial score (nSPS) is 10.7. The maximum absolute atomic E-state index is 11.2. The molecule has 0 amide bonds. The fraction of sp³-hybridized carbons (Fsp3) is 0.385. The fourth-order valence-corrected chi connectivity index (χ4v) is 2.77. The molecule has 0 saturated carbocycles. The van der Waals surface area contributed by atoms with Crippen molar-refractivity contribution in [2.45, 2.75) is 20.3 Å². The second-order valence-corrected chi connectivity index (χ2v) is 5.39. The van der Waals surface area contributed by atoms with Gasteiger partial charge in [-0.25, -0.2) is 0 Å². The molecule has 0 bridgehead atoms. The monoisotopic (exact) mass is 292 g/mol. The first-order valence-corrected chi connectivity index (χ1v) is 7.22. The van der Waals surface area contributed by atoms with E-state index in [1.54, 1.807) is 25.1 Å². The summed E-state index contributed by atoms with van der Waals surface area (Å²) in [6.07, 6.45) is 0.783. The lowest BCUT2D eigenvalue weighted by atomic mass is 10.1. The third-order valence-electron chi connectivity index (χ3n) is 2.88. The molecule has 0 unspecified atom stereocenters. The van der Waals surface area contributed by atoms with Crippen molar-refractivity contribution in [1.29, 1.82) is 0 Å². The molecule has 1 aromatic heterocycles. The minimum absolute atomic E-state index is 0.113. The summed E-state index contributed by atoms with van der Waals surface area (Å²) >= 11 is 1.41. The minimum Gasteiger partial charge on any atom is -0.317 e. The van der Waals surface area contributed by atoms with E-state index in [9.17, 15) is 10.1 Å². The molecule has 106 valence electrons. The Bertz CT molecular complexity index is 612. The summed E-state index contributed by atoms with van der Waals surface area (Å²) in [4.78, 5) is 10.8. The molecule has 7 heteroatoms. The van der Waals surface area contributed by atoms with Crippen LogP contribution in [0.25, 0.3) is 10.6 Å². The Hall–Kier alpha value is -1.86. The highest BCUT2D eigenvalue weighted by Crippen LogP contribution is 2.34. The first kappa shape index (κ1) is 14.5. The molecule has 0 aliphatic heterocycles. The van der Waals surface area contributed by atoms with Crippen LogP contribution in [0.3, 0.4) is 0 Å². The molecule has 2 rings (SSSR count). The number of rotatable bonds is 6. The van der Waals surface area contributed by atoms with E-state index >= 15 is 0 Å². The molecule has 0 radical (unpaired) electrons. The number of aromatic nitrogens is 2. The zero-order valence-corrected chi connectivity index (χ0v) is 12.2. The van der Waals surface area contributed by atoms with Crippen LogP contribution >= 0.6 is 11.3 Å². The van der Waals surface area contributed by atoms with Gasteiger partial charge in [-0.15, -0.1) is 10.2 Å². The maximum atomic E-state index is 11.2. The molecule has 20 heavy (non-hydrogen) atoms. The van der Waals surface area contributed by atoms with Gasteiger partial charge in [-0.2, -0.15) is 0 Å². The zero-order valence-electron chi connectivity index (χ0n) is 11.4. The van der Waals surface area contributed by atoms with Crippen LogP contribution in [-0.2, 0) is 6.42 Å². The van der Waals surface area contributed by atoms with Gasteiger partial charge < -0.3 is 5.32 Å². The highest BCUT2D eigenvalue weighted by molar-refractivity contribution is 7.14. The van der Waals surface area contributed by atoms with E-state index in [2.05, 4.69) is 15.5 Å². The van der Waals surface area contributed by atoms with Crippen molar-refractivity contribution < 1.29 is 4.92 Å². The van der Waals surface area contributed by atoms with Crippen molar-refractivity contribution in [3.05, 3.63) is 38.9 Å². The van der Waals surface area contributed by atoms with E-state index in [1.807, 2.05) is 6.92 Å². The van der Waals surface area contributed by atoms with E-state index in [1.165, 1.54) is 11.3 Å². The number of aryl methyl sites for hydroxylation is 1. The number of para-hydroxylation sites is 1. The second kappa shape index (κ2) is 6.53. The molecule has 6 nitrogen and oxygen atoms in total. The van der Waals surface area contributed by atoms with Gasteiger partial charge in [-0.3, -0.25) is 10.1 Å². The molecule has 2 aromatic rings. The van der Waals surface area contributed by atoms with Gasteiger partial charge in [-0.05, 0) is 19.5 Å². The molecule has 0 saturated heterocycles. The Morgan fingerprint density at radius 2 is 2.20 bits per heavy atom. The molecule has 0 fully saturated rings. The largest absolute Gasteiger partial charge is 0.317 e. The predicted octanol–water partition coefficient (Wildman–Crippen LogP) is 2.57. The van der Waals surface area contributed by atoms with Crippen LogP contribution in [-0.4, -0.2) is 28.2 Å². The lowest BCUT2D eigenvalue weighted by molar-refractivity contribution is -0.384. The summed E-state index contributed by atoms with van der Waals surface area (Å²) in [7, 11) is 0. The van der Waals surface area contributed by atoms with Gasteiger partial charge in [0.2, 0.25) is 0 Å². The number of nitro groups is 1. The summed E-state index contributed by atoms with van der Waals surface area (Å²) in [6, 6.07) is 5.26. The lowest BCUT2D eigenvalue weighted by Gasteiger charge is -2.01. The van der Waals surface area contributed by atoms with Gasteiger partial charge in [-0.1, -0.05) is 30.4 Å². The topological polar surface area (TPSA) is 81.0 Å². The van der Waals surface area contributed by atoms with Gasteiger partial charge >= 0.3 is 0 Å². The number of nitrogens with one attached hydrogen (secondary N) is 1. The maximum Gasteiger partial charge on any atom is 0.282 e. The zero-order chi connectivity index (χ0) is 14.5. The van der Waals surface area contributed by atoms with Gasteiger partial charge in [0.15, 0.2) is 5.01 Å². The van der Waals surface area contributed by atoms with Crippen molar-refractivity contribution in [3.8, 4) is 10.6 Å². The fourth-order valence-electron chi connectivity index (χ4n) is 1.91. The Kier molecular flexibility index (Phi) is 4.75. The second-order valence-electron chi connectivity index (χ2n) is 4.33. The quantitative estimate of drug-likeness (QED) is 0.503. The van der Waals surface area contributed by atoms with E-state index in [0.717, 1.165) is 24.5 Å². The number of hydrogen-bond donors (Lipinski definition) is 1. The molecular formula is C13H16N4O2S. The smallest absolute Gasteiger partial charge is 0.282 e. The van der Waals surface area contributed by atoms with Crippen LogP contribution in [0.15, 0.2) is 18.2 Å². The van der Waals surface area contributed by atoms with Crippen molar-refractivity contribution >= 4 is 17.0 Å². The van der Waals surface area contributed by atoms with E-state index in [-0.39, 0.29) is 10.6 Å². The van der Waals surface area contributed by atoms with Crippen LogP contribution in [0.4, 0.5) is 5.69 Å². The van der Waals surface area contributed by atoms with E-state index < -0.39 is 0 Å². The Labute approximate surface area is 121 Å². The first-order chi connectivity index (χ1) is 9.63. The number of likely N-dealkylation sites (N-methyl/N-ethyl adjacent to an activating group) is 1. The third-order valence-corrected chi connectivity index (χ3v) is 3.90. The van der Waals surface area contributed by atoms with Crippen LogP contribution in [0.2, 0.25) is 0 Å². The van der Waals surface area contributed by atoms with Crippen molar-refractivity contribution in [2.75, 3.05) is 13.1 Å².